The summed E-state index contributed by atoms with van der Waals surface area (Å²) in [5, 5.41) is 3.00. The van der Waals surface area contributed by atoms with Crippen LogP contribution in [0.25, 0.3) is 11.4 Å². The van der Waals surface area contributed by atoms with Gasteiger partial charge in [0.2, 0.25) is 0 Å². The van der Waals surface area contributed by atoms with Crippen molar-refractivity contribution in [2.24, 2.45) is 5.92 Å². The molecule has 4 rings (SSSR count). The van der Waals surface area contributed by atoms with E-state index < -0.39 is 0 Å². The number of likely N-dealkylation sites (tertiary alicyclic amines) is 1. The SMILES string of the molecule is Cc1cnc(-c2ccccc2)n1CC1CN(C(=O)NCc2ccccc2)C1. The van der Waals surface area contributed by atoms with Crippen LogP contribution in [0.4, 0.5) is 4.79 Å². The molecule has 0 unspecified atom stereocenters. The summed E-state index contributed by atoms with van der Waals surface area (Å²) in [5.74, 6) is 1.46. The normalized spacial score (nSPS) is 14.0. The highest BCUT2D eigenvalue weighted by atomic mass is 16.2. The van der Waals surface area contributed by atoms with E-state index in [1.165, 1.54) is 0 Å². The maximum Gasteiger partial charge on any atom is 0.317 e. The van der Waals surface area contributed by atoms with Gasteiger partial charge < -0.3 is 14.8 Å². The first kappa shape index (κ1) is 17.3. The zero-order chi connectivity index (χ0) is 18.6. The molecule has 2 aromatic carbocycles. The van der Waals surface area contributed by atoms with Crippen molar-refractivity contribution in [3.63, 3.8) is 0 Å². The summed E-state index contributed by atoms with van der Waals surface area (Å²) in [6, 6.07) is 20.3. The van der Waals surface area contributed by atoms with E-state index in [0.717, 1.165) is 42.3 Å². The standard InChI is InChI=1S/C22H24N4O/c1-17-12-23-21(20-10-6-3-7-11-20)26(17)16-19-14-25(15-19)22(27)24-13-18-8-4-2-5-9-18/h2-12,19H,13-16H2,1H3,(H,24,27). The van der Waals surface area contributed by atoms with Crippen LogP contribution in [0, 0.1) is 12.8 Å². The molecule has 1 saturated heterocycles. The molecule has 1 fully saturated rings. The highest BCUT2D eigenvalue weighted by Gasteiger charge is 2.31. The lowest BCUT2D eigenvalue weighted by atomic mass is 10.0. The lowest BCUT2D eigenvalue weighted by molar-refractivity contribution is 0.110. The van der Waals surface area contributed by atoms with Gasteiger partial charge in [-0.1, -0.05) is 60.7 Å². The molecule has 1 N–H and O–H groups in total. The number of aromatic nitrogens is 2. The van der Waals surface area contributed by atoms with Crippen LogP contribution in [-0.4, -0.2) is 33.6 Å². The second kappa shape index (κ2) is 7.66. The number of urea groups is 1. The summed E-state index contributed by atoms with van der Waals surface area (Å²) in [6.45, 7) is 5.11. The molecule has 2 amide bonds. The number of amides is 2. The monoisotopic (exact) mass is 360 g/mol. The zero-order valence-corrected chi connectivity index (χ0v) is 15.5. The second-order valence-electron chi connectivity index (χ2n) is 7.12. The molecule has 1 aromatic heterocycles. The van der Waals surface area contributed by atoms with E-state index in [1.807, 2.05) is 59.6 Å². The summed E-state index contributed by atoms with van der Waals surface area (Å²) in [6.07, 6.45) is 1.92. The van der Waals surface area contributed by atoms with Crippen molar-refractivity contribution in [3.05, 3.63) is 78.1 Å². The molecule has 0 spiro atoms. The van der Waals surface area contributed by atoms with E-state index in [-0.39, 0.29) is 6.03 Å². The third-order valence-corrected chi connectivity index (χ3v) is 5.06. The van der Waals surface area contributed by atoms with Gasteiger partial charge in [-0.15, -0.1) is 0 Å². The van der Waals surface area contributed by atoms with Crippen LogP contribution in [0.1, 0.15) is 11.3 Å². The van der Waals surface area contributed by atoms with Crippen LogP contribution in [0.15, 0.2) is 66.9 Å². The fourth-order valence-electron chi connectivity index (χ4n) is 3.50. The number of nitrogens with zero attached hydrogens (tertiary/aromatic N) is 3. The van der Waals surface area contributed by atoms with Gasteiger partial charge in [0.15, 0.2) is 0 Å². The molecule has 27 heavy (non-hydrogen) atoms. The summed E-state index contributed by atoms with van der Waals surface area (Å²) in [5.41, 5.74) is 3.40. The Labute approximate surface area is 159 Å². The van der Waals surface area contributed by atoms with E-state index >= 15 is 0 Å². The van der Waals surface area contributed by atoms with Crippen LogP contribution in [0.3, 0.4) is 0 Å². The minimum Gasteiger partial charge on any atom is -0.334 e. The first-order valence-electron chi connectivity index (χ1n) is 9.35. The van der Waals surface area contributed by atoms with Crippen molar-refractivity contribution in [2.75, 3.05) is 13.1 Å². The molecule has 2 heterocycles. The number of carbonyl (C=O) groups is 1. The Morgan fingerprint density at radius 1 is 1.07 bits per heavy atom. The number of hydrogen-bond donors (Lipinski definition) is 1. The quantitative estimate of drug-likeness (QED) is 0.754. The van der Waals surface area contributed by atoms with Crippen molar-refractivity contribution in [1.29, 1.82) is 0 Å². The molecular formula is C22H24N4O. The van der Waals surface area contributed by atoms with Gasteiger partial charge in [-0.2, -0.15) is 0 Å². The number of imidazole rings is 1. The predicted molar refractivity (Wildman–Crippen MR) is 106 cm³/mol. The third-order valence-electron chi connectivity index (χ3n) is 5.06. The molecule has 5 nitrogen and oxygen atoms in total. The van der Waals surface area contributed by atoms with Crippen LogP contribution >= 0.6 is 0 Å². The fraction of sp³-hybridized carbons (Fsp3) is 0.273. The van der Waals surface area contributed by atoms with Gasteiger partial charge in [0.25, 0.3) is 0 Å². The molecule has 138 valence electrons. The smallest absolute Gasteiger partial charge is 0.317 e. The van der Waals surface area contributed by atoms with E-state index in [1.54, 1.807) is 0 Å². The van der Waals surface area contributed by atoms with Crippen LogP contribution in [-0.2, 0) is 13.1 Å². The zero-order valence-electron chi connectivity index (χ0n) is 15.5. The fourth-order valence-corrected chi connectivity index (χ4v) is 3.50. The number of carbonyl (C=O) groups excluding carboxylic acids is 1. The summed E-state index contributed by atoms with van der Waals surface area (Å²) in [7, 11) is 0. The molecular weight excluding hydrogens is 336 g/mol. The van der Waals surface area contributed by atoms with E-state index in [9.17, 15) is 4.79 Å². The average Bonchev–Trinajstić information content (AvgIpc) is 3.04. The highest BCUT2D eigenvalue weighted by Crippen LogP contribution is 2.24. The lowest BCUT2D eigenvalue weighted by Crippen LogP contribution is -2.54. The Balaban J connectivity index is 1.32. The lowest BCUT2D eigenvalue weighted by Gasteiger charge is -2.39. The first-order valence-corrected chi connectivity index (χ1v) is 9.35. The molecule has 3 aromatic rings. The van der Waals surface area contributed by atoms with Crippen molar-refractivity contribution in [1.82, 2.24) is 19.8 Å². The van der Waals surface area contributed by atoms with Gasteiger partial charge in [0.1, 0.15) is 5.82 Å². The van der Waals surface area contributed by atoms with Gasteiger partial charge >= 0.3 is 6.03 Å². The van der Waals surface area contributed by atoms with E-state index in [4.69, 9.17) is 0 Å². The van der Waals surface area contributed by atoms with Gasteiger partial charge in [-0.05, 0) is 12.5 Å². The largest absolute Gasteiger partial charge is 0.334 e. The van der Waals surface area contributed by atoms with E-state index in [0.29, 0.717) is 12.5 Å². The van der Waals surface area contributed by atoms with Gasteiger partial charge in [-0.25, -0.2) is 9.78 Å². The Kier molecular flexibility index (Phi) is 4.92. The maximum atomic E-state index is 12.3. The Hall–Kier alpha value is -3.08. The number of aryl methyl sites for hydroxylation is 1. The molecule has 1 aliphatic heterocycles. The Bertz CT molecular complexity index is 899. The van der Waals surface area contributed by atoms with Crippen LogP contribution < -0.4 is 5.32 Å². The topological polar surface area (TPSA) is 50.2 Å². The Morgan fingerprint density at radius 2 is 1.74 bits per heavy atom. The van der Waals surface area contributed by atoms with Crippen LogP contribution in [0.2, 0.25) is 0 Å². The Morgan fingerprint density at radius 3 is 2.44 bits per heavy atom. The molecule has 0 aliphatic carbocycles. The van der Waals surface area contributed by atoms with Crippen molar-refractivity contribution >= 4 is 6.03 Å². The summed E-state index contributed by atoms with van der Waals surface area (Å²) in [4.78, 5) is 18.8. The molecule has 0 bridgehead atoms. The molecule has 0 saturated carbocycles. The predicted octanol–water partition coefficient (Wildman–Crippen LogP) is 3.70. The second-order valence-corrected chi connectivity index (χ2v) is 7.12. The third kappa shape index (κ3) is 3.87. The molecule has 0 radical (unpaired) electrons. The van der Waals surface area contributed by atoms with Gasteiger partial charge in [0, 0.05) is 49.6 Å². The minimum atomic E-state index is 0.0146. The molecule has 0 atom stereocenters. The summed E-state index contributed by atoms with van der Waals surface area (Å²) >= 11 is 0. The van der Waals surface area contributed by atoms with Crippen molar-refractivity contribution < 1.29 is 4.79 Å². The first-order chi connectivity index (χ1) is 13.2. The van der Waals surface area contributed by atoms with Crippen molar-refractivity contribution in [3.8, 4) is 11.4 Å². The highest BCUT2D eigenvalue weighted by molar-refractivity contribution is 5.75. The molecule has 1 aliphatic rings. The number of rotatable bonds is 5. The number of nitrogens with one attached hydrogen (secondary N) is 1. The number of benzene rings is 2. The van der Waals surface area contributed by atoms with Crippen LogP contribution in [0.5, 0.6) is 0 Å². The number of hydrogen-bond acceptors (Lipinski definition) is 2. The molecule has 5 heteroatoms. The van der Waals surface area contributed by atoms with Gasteiger partial charge in [0.05, 0.1) is 0 Å². The minimum absolute atomic E-state index is 0.0146. The van der Waals surface area contributed by atoms with Gasteiger partial charge in [-0.3, -0.25) is 0 Å². The van der Waals surface area contributed by atoms with Crippen molar-refractivity contribution in [2.45, 2.75) is 20.0 Å². The maximum absolute atomic E-state index is 12.3. The van der Waals surface area contributed by atoms with E-state index in [2.05, 4.69) is 33.9 Å². The average molecular weight is 360 g/mol. The summed E-state index contributed by atoms with van der Waals surface area (Å²) < 4.78 is 2.26.